The fourth-order valence-corrected chi connectivity index (χ4v) is 3.78. The summed E-state index contributed by atoms with van der Waals surface area (Å²) in [5, 5.41) is 8.05. The lowest BCUT2D eigenvalue weighted by Crippen LogP contribution is -2.26. The van der Waals surface area contributed by atoms with E-state index in [1.165, 1.54) is 10.3 Å². The van der Waals surface area contributed by atoms with Gasteiger partial charge in [-0.3, -0.25) is 4.98 Å². The van der Waals surface area contributed by atoms with Crippen LogP contribution in [0.15, 0.2) is 48.8 Å². The maximum Gasteiger partial charge on any atom is 0.184 e. The molecule has 4 rings (SSSR count). The van der Waals surface area contributed by atoms with Crippen LogP contribution in [0.5, 0.6) is 0 Å². The largest absolute Gasteiger partial charge is 0.357 e. The maximum absolute atomic E-state index is 4.62. The first-order valence-electron chi connectivity index (χ1n) is 7.13. The minimum absolute atomic E-state index is 0. The first-order chi connectivity index (χ1) is 10.4. The minimum atomic E-state index is 0. The SMILES string of the molecule is Cl.c1ccc(C2CNCC2Nc2nc3cnccc3s2)cc1. The van der Waals surface area contributed by atoms with Gasteiger partial charge in [0.15, 0.2) is 5.13 Å². The molecule has 0 saturated carbocycles. The van der Waals surface area contributed by atoms with Crippen molar-refractivity contribution in [1.82, 2.24) is 15.3 Å². The molecule has 0 spiro atoms. The lowest BCUT2D eigenvalue weighted by molar-refractivity contribution is 0.692. The van der Waals surface area contributed by atoms with Crippen molar-refractivity contribution < 1.29 is 0 Å². The van der Waals surface area contributed by atoms with Crippen LogP contribution < -0.4 is 10.6 Å². The zero-order valence-electron chi connectivity index (χ0n) is 11.9. The Morgan fingerprint density at radius 3 is 2.82 bits per heavy atom. The van der Waals surface area contributed by atoms with Gasteiger partial charge in [0.1, 0.15) is 5.52 Å². The normalized spacial score (nSPS) is 20.7. The second-order valence-electron chi connectivity index (χ2n) is 5.29. The number of hydrogen-bond donors (Lipinski definition) is 2. The van der Waals surface area contributed by atoms with Gasteiger partial charge in [-0.05, 0) is 11.6 Å². The standard InChI is InChI=1S/C16H16N4S.ClH/c1-2-4-11(5-3-1)12-8-18-9-13(12)19-16-20-14-10-17-7-6-15(14)21-16;/h1-7,10,12-13,18H,8-9H2,(H,19,20);1H. The number of anilines is 1. The van der Waals surface area contributed by atoms with Crippen molar-refractivity contribution in [1.29, 1.82) is 0 Å². The molecule has 0 bridgehead atoms. The van der Waals surface area contributed by atoms with Crippen molar-refractivity contribution in [2.75, 3.05) is 18.4 Å². The predicted octanol–water partition coefficient (Wildman–Crippen LogP) is 3.28. The van der Waals surface area contributed by atoms with E-state index < -0.39 is 0 Å². The summed E-state index contributed by atoms with van der Waals surface area (Å²) in [7, 11) is 0. The molecular weight excluding hydrogens is 316 g/mol. The van der Waals surface area contributed by atoms with Gasteiger partial charge in [0, 0.05) is 31.2 Å². The highest BCUT2D eigenvalue weighted by atomic mass is 35.5. The molecule has 1 aliphatic rings. The number of benzene rings is 1. The second kappa shape index (κ2) is 6.60. The third kappa shape index (κ3) is 2.92. The fourth-order valence-electron chi connectivity index (χ4n) is 2.88. The number of nitrogens with one attached hydrogen (secondary N) is 2. The quantitative estimate of drug-likeness (QED) is 0.773. The molecular formula is C16H17ClN4S. The van der Waals surface area contributed by atoms with Crippen LogP contribution in [0, 0.1) is 0 Å². The van der Waals surface area contributed by atoms with E-state index in [4.69, 9.17) is 0 Å². The van der Waals surface area contributed by atoms with Gasteiger partial charge >= 0.3 is 0 Å². The molecule has 2 aromatic heterocycles. The highest BCUT2D eigenvalue weighted by molar-refractivity contribution is 7.22. The summed E-state index contributed by atoms with van der Waals surface area (Å²) in [5.41, 5.74) is 2.34. The van der Waals surface area contributed by atoms with Crippen LogP contribution in [0.1, 0.15) is 11.5 Å². The summed E-state index contributed by atoms with van der Waals surface area (Å²) in [6.07, 6.45) is 3.63. The molecule has 1 saturated heterocycles. The van der Waals surface area contributed by atoms with Gasteiger partial charge in [0.25, 0.3) is 0 Å². The summed E-state index contributed by atoms with van der Waals surface area (Å²) in [6, 6.07) is 13.1. The van der Waals surface area contributed by atoms with Crippen LogP contribution in [-0.2, 0) is 0 Å². The molecule has 3 aromatic rings. The van der Waals surface area contributed by atoms with Crippen LogP contribution in [0.3, 0.4) is 0 Å². The molecule has 0 aliphatic carbocycles. The van der Waals surface area contributed by atoms with E-state index in [9.17, 15) is 0 Å². The van der Waals surface area contributed by atoms with E-state index in [2.05, 4.69) is 50.9 Å². The molecule has 1 aromatic carbocycles. The Balaban J connectivity index is 0.00000144. The third-order valence-electron chi connectivity index (χ3n) is 3.94. The molecule has 2 unspecified atom stereocenters. The van der Waals surface area contributed by atoms with E-state index in [0.29, 0.717) is 12.0 Å². The number of thiazole rings is 1. The van der Waals surface area contributed by atoms with Gasteiger partial charge in [-0.2, -0.15) is 0 Å². The van der Waals surface area contributed by atoms with Crippen molar-refractivity contribution in [3.8, 4) is 0 Å². The molecule has 2 N–H and O–H groups in total. The molecule has 1 aliphatic heterocycles. The summed E-state index contributed by atoms with van der Waals surface area (Å²) >= 11 is 1.69. The van der Waals surface area contributed by atoms with Crippen LogP contribution in [-0.4, -0.2) is 29.1 Å². The molecule has 114 valence electrons. The van der Waals surface area contributed by atoms with E-state index in [-0.39, 0.29) is 12.4 Å². The van der Waals surface area contributed by atoms with Crippen LogP contribution in [0.4, 0.5) is 5.13 Å². The Labute approximate surface area is 139 Å². The first kappa shape index (κ1) is 15.2. The lowest BCUT2D eigenvalue weighted by atomic mass is 9.94. The number of hydrogen-bond acceptors (Lipinski definition) is 5. The molecule has 0 amide bonds. The fraction of sp³-hybridized carbons (Fsp3) is 0.250. The number of rotatable bonds is 3. The Hall–Kier alpha value is -1.69. The average Bonchev–Trinajstić information content (AvgIpc) is 3.14. The van der Waals surface area contributed by atoms with Gasteiger partial charge in [-0.15, -0.1) is 12.4 Å². The van der Waals surface area contributed by atoms with Crippen molar-refractivity contribution in [2.45, 2.75) is 12.0 Å². The third-order valence-corrected chi connectivity index (χ3v) is 4.91. The monoisotopic (exact) mass is 332 g/mol. The number of pyridine rings is 1. The average molecular weight is 333 g/mol. The van der Waals surface area contributed by atoms with Gasteiger partial charge in [-0.25, -0.2) is 4.98 Å². The van der Waals surface area contributed by atoms with Crippen molar-refractivity contribution in [2.24, 2.45) is 0 Å². The van der Waals surface area contributed by atoms with Crippen molar-refractivity contribution in [3.05, 3.63) is 54.4 Å². The lowest BCUT2D eigenvalue weighted by Gasteiger charge is -2.19. The zero-order valence-corrected chi connectivity index (χ0v) is 13.5. The number of halogens is 1. The zero-order chi connectivity index (χ0) is 14.1. The van der Waals surface area contributed by atoms with Gasteiger partial charge in [0.2, 0.25) is 0 Å². The van der Waals surface area contributed by atoms with Crippen molar-refractivity contribution in [3.63, 3.8) is 0 Å². The summed E-state index contributed by atoms with van der Waals surface area (Å²) in [5.74, 6) is 0.483. The summed E-state index contributed by atoms with van der Waals surface area (Å²) < 4.78 is 1.18. The predicted molar refractivity (Wildman–Crippen MR) is 94.1 cm³/mol. The summed E-state index contributed by atoms with van der Waals surface area (Å²) in [4.78, 5) is 8.75. The molecule has 22 heavy (non-hydrogen) atoms. The molecule has 0 radical (unpaired) electrons. The van der Waals surface area contributed by atoms with Crippen LogP contribution in [0.25, 0.3) is 10.2 Å². The smallest absolute Gasteiger partial charge is 0.184 e. The molecule has 2 atom stereocenters. The van der Waals surface area contributed by atoms with Gasteiger partial charge in [-0.1, -0.05) is 41.7 Å². The van der Waals surface area contributed by atoms with Crippen LogP contribution in [0.2, 0.25) is 0 Å². The Morgan fingerprint density at radius 2 is 2.00 bits per heavy atom. The Kier molecular flexibility index (Phi) is 4.57. The molecule has 1 fully saturated rings. The van der Waals surface area contributed by atoms with Crippen molar-refractivity contribution >= 4 is 39.1 Å². The topological polar surface area (TPSA) is 49.8 Å². The van der Waals surface area contributed by atoms with Crippen LogP contribution >= 0.6 is 23.7 Å². The molecule has 4 nitrogen and oxygen atoms in total. The van der Waals surface area contributed by atoms with E-state index >= 15 is 0 Å². The van der Waals surface area contributed by atoms with E-state index in [1.807, 2.05) is 18.5 Å². The highest BCUT2D eigenvalue weighted by Gasteiger charge is 2.28. The number of aromatic nitrogens is 2. The van der Waals surface area contributed by atoms with Gasteiger partial charge in [0.05, 0.1) is 10.9 Å². The summed E-state index contributed by atoms with van der Waals surface area (Å²) in [6.45, 7) is 1.97. The number of fused-ring (bicyclic) bond motifs is 1. The molecule has 3 heterocycles. The highest BCUT2D eigenvalue weighted by Crippen LogP contribution is 2.29. The Morgan fingerprint density at radius 1 is 1.14 bits per heavy atom. The number of nitrogens with zero attached hydrogens (tertiary/aromatic N) is 2. The minimum Gasteiger partial charge on any atom is -0.357 e. The Bertz CT molecular complexity index is 713. The van der Waals surface area contributed by atoms with Gasteiger partial charge < -0.3 is 10.6 Å². The van der Waals surface area contributed by atoms with E-state index in [1.54, 1.807) is 11.3 Å². The van der Waals surface area contributed by atoms with E-state index in [0.717, 1.165) is 23.7 Å². The second-order valence-corrected chi connectivity index (χ2v) is 6.32. The molecule has 6 heteroatoms. The first-order valence-corrected chi connectivity index (χ1v) is 7.94. The maximum atomic E-state index is 4.62.